The molecule has 0 aliphatic carbocycles. The van der Waals surface area contributed by atoms with Gasteiger partial charge in [0.15, 0.2) is 0 Å². The van der Waals surface area contributed by atoms with Crippen molar-refractivity contribution in [3.8, 4) is 0 Å². The monoisotopic (exact) mass is 322 g/mol. The zero-order chi connectivity index (χ0) is 14.2. The Bertz CT molecular complexity index is 721. The predicted molar refractivity (Wildman–Crippen MR) is 78.8 cm³/mol. The normalized spacial score (nSPS) is 10.7. The fraction of sp³-hybridized carbons (Fsp3) is 0.286. The van der Waals surface area contributed by atoms with Gasteiger partial charge in [-0.1, -0.05) is 17.7 Å². The molecule has 0 amide bonds. The molecular formula is C14H15BrN2O2. The molecule has 5 heteroatoms. The summed E-state index contributed by atoms with van der Waals surface area (Å²) in [4.78, 5) is 26.3. The maximum absolute atomic E-state index is 12.0. The number of aryl methyl sites for hydroxylation is 3. The molecule has 0 fully saturated rings. The first-order chi connectivity index (χ1) is 8.90. The minimum absolute atomic E-state index is 0.283. The molecule has 2 rings (SSSR count). The molecule has 0 aliphatic heterocycles. The van der Waals surface area contributed by atoms with Gasteiger partial charge in [-0.2, -0.15) is 0 Å². The van der Waals surface area contributed by atoms with E-state index in [2.05, 4.69) is 33.0 Å². The van der Waals surface area contributed by atoms with Crippen LogP contribution < -0.4 is 11.2 Å². The quantitative estimate of drug-likeness (QED) is 0.922. The van der Waals surface area contributed by atoms with E-state index in [9.17, 15) is 9.59 Å². The van der Waals surface area contributed by atoms with Gasteiger partial charge in [-0.3, -0.25) is 9.36 Å². The second-order valence-electron chi connectivity index (χ2n) is 4.71. The van der Waals surface area contributed by atoms with Crippen LogP contribution in [0.4, 0.5) is 0 Å². The summed E-state index contributed by atoms with van der Waals surface area (Å²) in [5.41, 5.74) is 3.65. The molecule has 1 N–H and O–H groups in total. The molecule has 0 unspecified atom stereocenters. The number of rotatable bonds is 2. The van der Waals surface area contributed by atoms with Crippen LogP contribution in [0.15, 0.2) is 32.4 Å². The topological polar surface area (TPSA) is 54.9 Å². The standard InChI is InChI=1S/C14H15BrN2O2/c1-8-4-9(2)11(10(3)5-8)7-17-13(18)12(15)6-16-14(17)19/h4-6H,7H2,1-3H3,(H,16,19). The highest BCUT2D eigenvalue weighted by molar-refractivity contribution is 9.10. The Morgan fingerprint density at radius 1 is 1.16 bits per heavy atom. The van der Waals surface area contributed by atoms with Crippen LogP contribution in [0.1, 0.15) is 22.3 Å². The first kappa shape index (κ1) is 13.8. The molecule has 0 radical (unpaired) electrons. The predicted octanol–water partition coefficient (Wildman–Crippen LogP) is 2.27. The van der Waals surface area contributed by atoms with Gasteiger partial charge >= 0.3 is 5.69 Å². The summed E-state index contributed by atoms with van der Waals surface area (Å²) < 4.78 is 1.56. The van der Waals surface area contributed by atoms with E-state index in [0.717, 1.165) is 16.7 Å². The number of H-pyrrole nitrogens is 1. The number of halogens is 1. The largest absolute Gasteiger partial charge is 0.328 e. The van der Waals surface area contributed by atoms with E-state index < -0.39 is 5.69 Å². The number of aromatic amines is 1. The lowest BCUT2D eigenvalue weighted by Gasteiger charge is -2.12. The molecule has 1 aromatic carbocycles. The summed E-state index contributed by atoms with van der Waals surface area (Å²) >= 11 is 3.14. The summed E-state index contributed by atoms with van der Waals surface area (Å²) in [7, 11) is 0. The number of benzene rings is 1. The lowest BCUT2D eigenvalue weighted by Crippen LogP contribution is -2.35. The Morgan fingerprint density at radius 3 is 2.32 bits per heavy atom. The van der Waals surface area contributed by atoms with Crippen LogP contribution >= 0.6 is 15.9 Å². The van der Waals surface area contributed by atoms with Gasteiger partial charge in [0.2, 0.25) is 0 Å². The van der Waals surface area contributed by atoms with Crippen LogP contribution in [-0.2, 0) is 6.54 Å². The van der Waals surface area contributed by atoms with E-state index in [1.807, 2.05) is 20.8 Å². The lowest BCUT2D eigenvalue weighted by molar-refractivity contribution is 0.688. The van der Waals surface area contributed by atoms with Crippen LogP contribution in [0.2, 0.25) is 0 Å². The molecule has 19 heavy (non-hydrogen) atoms. The molecule has 0 spiro atoms. The maximum Gasteiger partial charge on any atom is 0.328 e. The van der Waals surface area contributed by atoms with Gasteiger partial charge in [0.25, 0.3) is 5.56 Å². The van der Waals surface area contributed by atoms with Gasteiger partial charge in [0, 0.05) is 6.20 Å². The van der Waals surface area contributed by atoms with Crippen LogP contribution in [0.25, 0.3) is 0 Å². The average molecular weight is 323 g/mol. The van der Waals surface area contributed by atoms with E-state index in [0.29, 0.717) is 4.47 Å². The van der Waals surface area contributed by atoms with Crippen molar-refractivity contribution in [2.75, 3.05) is 0 Å². The summed E-state index contributed by atoms with van der Waals surface area (Å²) in [5.74, 6) is 0. The molecule has 0 saturated heterocycles. The molecule has 2 aromatic rings. The third kappa shape index (κ3) is 2.71. The third-order valence-electron chi connectivity index (χ3n) is 3.17. The van der Waals surface area contributed by atoms with Crippen molar-refractivity contribution in [3.63, 3.8) is 0 Å². The highest BCUT2D eigenvalue weighted by atomic mass is 79.9. The summed E-state index contributed by atoms with van der Waals surface area (Å²) in [6.45, 7) is 6.30. The number of hydrogen-bond acceptors (Lipinski definition) is 2. The van der Waals surface area contributed by atoms with Crippen LogP contribution in [0, 0.1) is 20.8 Å². The highest BCUT2D eigenvalue weighted by Gasteiger charge is 2.10. The van der Waals surface area contributed by atoms with E-state index in [4.69, 9.17) is 0 Å². The number of nitrogens with one attached hydrogen (secondary N) is 1. The zero-order valence-corrected chi connectivity index (χ0v) is 12.7. The Morgan fingerprint density at radius 2 is 1.74 bits per heavy atom. The van der Waals surface area contributed by atoms with Crippen molar-refractivity contribution >= 4 is 15.9 Å². The summed E-state index contributed by atoms with van der Waals surface area (Å²) in [6.07, 6.45) is 1.37. The molecule has 4 nitrogen and oxygen atoms in total. The molecule has 0 aliphatic rings. The Kier molecular flexibility index (Phi) is 3.75. The van der Waals surface area contributed by atoms with Gasteiger partial charge < -0.3 is 4.98 Å². The lowest BCUT2D eigenvalue weighted by atomic mass is 10.00. The minimum Gasteiger partial charge on any atom is -0.313 e. The molecule has 1 aromatic heterocycles. The van der Waals surface area contributed by atoms with Gasteiger partial charge in [0.1, 0.15) is 0 Å². The van der Waals surface area contributed by atoms with Crippen LogP contribution in [0.5, 0.6) is 0 Å². The average Bonchev–Trinajstić information content (AvgIpc) is 2.32. The first-order valence-corrected chi connectivity index (χ1v) is 6.74. The molecule has 0 saturated carbocycles. The van der Waals surface area contributed by atoms with Crippen molar-refractivity contribution < 1.29 is 0 Å². The van der Waals surface area contributed by atoms with Crippen molar-refractivity contribution in [1.29, 1.82) is 0 Å². The van der Waals surface area contributed by atoms with E-state index in [1.54, 1.807) is 0 Å². The van der Waals surface area contributed by atoms with Gasteiger partial charge in [0.05, 0.1) is 11.0 Å². The van der Waals surface area contributed by atoms with E-state index >= 15 is 0 Å². The summed E-state index contributed by atoms with van der Waals surface area (Å²) in [6, 6.07) is 4.11. The molecule has 1 heterocycles. The van der Waals surface area contributed by atoms with Crippen LogP contribution in [-0.4, -0.2) is 9.55 Å². The fourth-order valence-corrected chi connectivity index (χ4v) is 2.58. The number of aromatic nitrogens is 2. The number of hydrogen-bond donors (Lipinski definition) is 1. The van der Waals surface area contributed by atoms with Crippen molar-refractivity contribution in [2.24, 2.45) is 0 Å². The smallest absolute Gasteiger partial charge is 0.313 e. The SMILES string of the molecule is Cc1cc(C)c(Cn2c(=O)[nH]cc(Br)c2=O)c(C)c1. The Labute approximate surface area is 119 Å². The fourth-order valence-electron chi connectivity index (χ4n) is 2.25. The van der Waals surface area contributed by atoms with Crippen molar-refractivity contribution in [1.82, 2.24) is 9.55 Å². The highest BCUT2D eigenvalue weighted by Crippen LogP contribution is 2.16. The van der Waals surface area contributed by atoms with E-state index in [1.165, 1.54) is 16.3 Å². The second-order valence-corrected chi connectivity index (χ2v) is 5.56. The second kappa shape index (κ2) is 5.17. The summed E-state index contributed by atoms with van der Waals surface area (Å²) in [5, 5.41) is 0. The van der Waals surface area contributed by atoms with E-state index in [-0.39, 0.29) is 12.1 Å². The van der Waals surface area contributed by atoms with Gasteiger partial charge in [-0.25, -0.2) is 4.79 Å². The first-order valence-electron chi connectivity index (χ1n) is 5.95. The number of nitrogens with zero attached hydrogens (tertiary/aromatic N) is 1. The maximum atomic E-state index is 12.0. The minimum atomic E-state index is -0.396. The Hall–Kier alpha value is -1.62. The molecule has 0 atom stereocenters. The molecule has 0 bridgehead atoms. The van der Waals surface area contributed by atoms with Gasteiger partial charge in [-0.15, -0.1) is 0 Å². The van der Waals surface area contributed by atoms with Crippen molar-refractivity contribution in [3.05, 3.63) is 65.9 Å². The zero-order valence-electron chi connectivity index (χ0n) is 11.1. The van der Waals surface area contributed by atoms with Crippen molar-refractivity contribution in [2.45, 2.75) is 27.3 Å². The molecular weight excluding hydrogens is 308 g/mol. The van der Waals surface area contributed by atoms with Crippen LogP contribution in [0.3, 0.4) is 0 Å². The van der Waals surface area contributed by atoms with Gasteiger partial charge in [-0.05, 0) is 53.4 Å². The Balaban J connectivity index is 2.57. The molecule has 100 valence electrons. The third-order valence-corrected chi connectivity index (χ3v) is 3.74.